The van der Waals surface area contributed by atoms with Crippen LogP contribution in [0.4, 0.5) is 5.00 Å². The molecule has 0 radical (unpaired) electrons. The summed E-state index contributed by atoms with van der Waals surface area (Å²) in [7, 11) is 3.11. The number of anilines is 1. The molecule has 0 bridgehead atoms. The second-order valence-corrected chi connectivity index (χ2v) is 7.83. The summed E-state index contributed by atoms with van der Waals surface area (Å²) in [6, 6.07) is 12.4. The molecule has 0 spiro atoms. The molecule has 2 aromatic carbocycles. The molecule has 1 N–H and O–H groups in total. The summed E-state index contributed by atoms with van der Waals surface area (Å²) < 4.78 is 15.8. The van der Waals surface area contributed by atoms with Gasteiger partial charge in [0.25, 0.3) is 0 Å². The monoisotopic (exact) mass is 471 g/mol. The highest BCUT2D eigenvalue weighted by Crippen LogP contribution is 2.36. The number of thiophene rings is 1. The zero-order chi connectivity index (χ0) is 23.1. The van der Waals surface area contributed by atoms with Crippen molar-refractivity contribution in [2.75, 3.05) is 26.1 Å². The fourth-order valence-electron chi connectivity index (χ4n) is 2.99. The molecule has 0 aliphatic heterocycles. The summed E-state index contributed by atoms with van der Waals surface area (Å²) in [5.74, 6) is 0.335. The Balaban J connectivity index is 1.88. The van der Waals surface area contributed by atoms with E-state index in [-0.39, 0.29) is 6.61 Å². The van der Waals surface area contributed by atoms with E-state index >= 15 is 0 Å². The normalized spacial score (nSPS) is 10.8. The van der Waals surface area contributed by atoms with Gasteiger partial charge >= 0.3 is 5.97 Å². The van der Waals surface area contributed by atoms with E-state index in [9.17, 15) is 9.59 Å². The number of halogens is 1. The van der Waals surface area contributed by atoms with E-state index in [4.69, 9.17) is 25.8 Å². The number of methoxy groups -OCH3 is 2. The van der Waals surface area contributed by atoms with Crippen molar-refractivity contribution in [1.29, 1.82) is 0 Å². The molecule has 32 heavy (non-hydrogen) atoms. The van der Waals surface area contributed by atoms with Crippen LogP contribution in [-0.4, -0.2) is 32.7 Å². The van der Waals surface area contributed by atoms with E-state index in [1.54, 1.807) is 62.9 Å². The van der Waals surface area contributed by atoms with Crippen LogP contribution in [0.3, 0.4) is 0 Å². The van der Waals surface area contributed by atoms with Gasteiger partial charge < -0.3 is 19.5 Å². The van der Waals surface area contributed by atoms with Gasteiger partial charge in [0.1, 0.15) is 22.1 Å². The van der Waals surface area contributed by atoms with Crippen molar-refractivity contribution in [1.82, 2.24) is 0 Å². The van der Waals surface area contributed by atoms with Crippen LogP contribution in [0.5, 0.6) is 11.5 Å². The van der Waals surface area contributed by atoms with Gasteiger partial charge in [0.05, 0.1) is 20.8 Å². The minimum atomic E-state index is -0.507. The molecule has 0 aliphatic carbocycles. The van der Waals surface area contributed by atoms with Crippen molar-refractivity contribution in [2.24, 2.45) is 0 Å². The van der Waals surface area contributed by atoms with E-state index in [1.165, 1.54) is 17.4 Å². The van der Waals surface area contributed by atoms with Crippen LogP contribution >= 0.6 is 22.9 Å². The number of hydrogen-bond donors (Lipinski definition) is 1. The minimum Gasteiger partial charge on any atom is -0.497 e. The van der Waals surface area contributed by atoms with Gasteiger partial charge in [-0.25, -0.2) is 4.79 Å². The summed E-state index contributed by atoms with van der Waals surface area (Å²) in [5.41, 5.74) is 2.45. The van der Waals surface area contributed by atoms with Crippen LogP contribution in [0, 0.1) is 0 Å². The molecular weight excluding hydrogens is 450 g/mol. The van der Waals surface area contributed by atoms with Gasteiger partial charge in [0, 0.05) is 27.6 Å². The van der Waals surface area contributed by atoms with E-state index in [1.807, 2.05) is 12.1 Å². The van der Waals surface area contributed by atoms with E-state index < -0.39 is 11.9 Å². The number of carbonyl (C=O) groups is 2. The molecule has 0 saturated carbocycles. The van der Waals surface area contributed by atoms with Gasteiger partial charge in [0.2, 0.25) is 5.91 Å². The summed E-state index contributed by atoms with van der Waals surface area (Å²) in [4.78, 5) is 25.3. The molecule has 0 fully saturated rings. The first-order valence-electron chi connectivity index (χ1n) is 9.72. The number of ether oxygens (including phenoxy) is 3. The highest BCUT2D eigenvalue weighted by molar-refractivity contribution is 7.15. The average Bonchev–Trinajstić information content (AvgIpc) is 3.21. The van der Waals surface area contributed by atoms with Crippen LogP contribution in [0.15, 0.2) is 53.9 Å². The van der Waals surface area contributed by atoms with Gasteiger partial charge in [-0.3, -0.25) is 4.79 Å². The first kappa shape index (κ1) is 23.4. The van der Waals surface area contributed by atoms with Gasteiger partial charge in [-0.1, -0.05) is 23.7 Å². The largest absolute Gasteiger partial charge is 0.497 e. The van der Waals surface area contributed by atoms with Crippen molar-refractivity contribution in [3.63, 3.8) is 0 Å². The number of amides is 1. The second-order valence-electron chi connectivity index (χ2n) is 6.51. The molecule has 3 aromatic rings. The Bertz CT molecular complexity index is 1140. The van der Waals surface area contributed by atoms with Crippen molar-refractivity contribution in [3.05, 3.63) is 70.1 Å². The van der Waals surface area contributed by atoms with Gasteiger partial charge in [-0.05, 0) is 48.9 Å². The van der Waals surface area contributed by atoms with Crippen LogP contribution in [-0.2, 0) is 9.53 Å². The third-order valence-electron chi connectivity index (χ3n) is 4.51. The second kappa shape index (κ2) is 10.8. The molecule has 6 nitrogen and oxygen atoms in total. The average molecular weight is 472 g/mol. The number of carbonyl (C=O) groups excluding carboxylic acids is 2. The fourth-order valence-corrected chi connectivity index (χ4v) is 4.07. The number of esters is 1. The van der Waals surface area contributed by atoms with Gasteiger partial charge in [-0.15, -0.1) is 11.3 Å². The molecular formula is C24H22ClNO5S. The topological polar surface area (TPSA) is 73.9 Å². The summed E-state index contributed by atoms with van der Waals surface area (Å²) in [6.07, 6.45) is 2.99. The lowest BCUT2D eigenvalue weighted by atomic mass is 10.0. The number of rotatable bonds is 8. The van der Waals surface area contributed by atoms with Crippen LogP contribution in [0.1, 0.15) is 22.8 Å². The number of nitrogens with one attached hydrogen (secondary N) is 1. The summed E-state index contributed by atoms with van der Waals surface area (Å²) in [5, 5.41) is 5.58. The maximum atomic E-state index is 12.7. The molecule has 166 valence electrons. The molecule has 1 aromatic heterocycles. The zero-order valence-electron chi connectivity index (χ0n) is 17.8. The molecule has 1 heterocycles. The maximum Gasteiger partial charge on any atom is 0.341 e. The Morgan fingerprint density at radius 2 is 1.84 bits per heavy atom. The smallest absolute Gasteiger partial charge is 0.341 e. The SMILES string of the molecule is CCOC(=O)c1c(-c2ccc(Cl)cc2)csc1NC(=O)/C=C/c1cc(OC)ccc1OC. The Morgan fingerprint density at radius 3 is 2.50 bits per heavy atom. The highest BCUT2D eigenvalue weighted by atomic mass is 35.5. The molecule has 1 amide bonds. The van der Waals surface area contributed by atoms with Gasteiger partial charge in [0.15, 0.2) is 0 Å². The third-order valence-corrected chi connectivity index (χ3v) is 5.66. The molecule has 0 unspecified atom stereocenters. The van der Waals surface area contributed by atoms with Crippen LogP contribution < -0.4 is 14.8 Å². The van der Waals surface area contributed by atoms with Crippen molar-refractivity contribution >= 4 is 45.9 Å². The predicted octanol–water partition coefficient (Wildman–Crippen LogP) is 5.91. The van der Waals surface area contributed by atoms with Gasteiger partial charge in [-0.2, -0.15) is 0 Å². The minimum absolute atomic E-state index is 0.220. The standard InChI is InChI=1S/C24H22ClNO5S/c1-4-31-24(28)22-19(15-5-8-17(25)9-6-15)14-32-23(22)26-21(27)12-7-16-13-18(29-2)10-11-20(16)30-3/h5-14H,4H2,1-3H3,(H,26,27)/b12-7+. The zero-order valence-corrected chi connectivity index (χ0v) is 19.4. The van der Waals surface area contributed by atoms with Crippen LogP contribution in [0.25, 0.3) is 17.2 Å². The van der Waals surface area contributed by atoms with Crippen molar-refractivity contribution in [2.45, 2.75) is 6.92 Å². The lowest BCUT2D eigenvalue weighted by molar-refractivity contribution is -0.111. The fraction of sp³-hybridized carbons (Fsp3) is 0.167. The first-order valence-corrected chi connectivity index (χ1v) is 11.0. The van der Waals surface area contributed by atoms with E-state index in [0.717, 1.165) is 5.56 Å². The quantitative estimate of drug-likeness (QED) is 0.326. The molecule has 0 saturated heterocycles. The summed E-state index contributed by atoms with van der Waals surface area (Å²) in [6.45, 7) is 1.95. The summed E-state index contributed by atoms with van der Waals surface area (Å²) >= 11 is 7.23. The Morgan fingerprint density at radius 1 is 1.09 bits per heavy atom. The van der Waals surface area contributed by atoms with E-state index in [2.05, 4.69) is 5.32 Å². The molecule has 0 atom stereocenters. The Labute approximate surface area is 195 Å². The molecule has 8 heteroatoms. The first-order chi connectivity index (χ1) is 15.5. The number of benzene rings is 2. The van der Waals surface area contributed by atoms with Crippen molar-refractivity contribution < 1.29 is 23.8 Å². The Kier molecular flexibility index (Phi) is 7.92. The lowest BCUT2D eigenvalue weighted by Crippen LogP contribution is -2.12. The van der Waals surface area contributed by atoms with Crippen molar-refractivity contribution in [3.8, 4) is 22.6 Å². The maximum absolute atomic E-state index is 12.7. The van der Waals surface area contributed by atoms with Crippen LogP contribution in [0.2, 0.25) is 5.02 Å². The lowest BCUT2D eigenvalue weighted by Gasteiger charge is -2.08. The predicted molar refractivity (Wildman–Crippen MR) is 128 cm³/mol. The Hall–Kier alpha value is -3.29. The third kappa shape index (κ3) is 5.49. The molecule has 0 aliphatic rings. The molecule has 3 rings (SSSR count). The number of hydrogen-bond acceptors (Lipinski definition) is 6. The highest BCUT2D eigenvalue weighted by Gasteiger charge is 2.22. The van der Waals surface area contributed by atoms with E-state index in [0.29, 0.717) is 38.2 Å².